The van der Waals surface area contributed by atoms with Crippen LogP contribution in [0.3, 0.4) is 0 Å². The topological polar surface area (TPSA) is 17.1 Å². The highest BCUT2D eigenvalue weighted by atomic mass is 33.1. The van der Waals surface area contributed by atoms with Gasteiger partial charge in [-0.2, -0.15) is 0 Å². The molecule has 0 aromatic heterocycles. The summed E-state index contributed by atoms with van der Waals surface area (Å²) < 4.78 is 0. The molecule has 15 heavy (non-hydrogen) atoms. The molecule has 3 heteroatoms. The summed E-state index contributed by atoms with van der Waals surface area (Å²) in [6.07, 6.45) is 5.74. The molecule has 0 aliphatic carbocycles. The molecular formula is C12H22OS2. The maximum atomic E-state index is 11.7. The number of carbonyl (C=O) groups excluding carboxylic acids is 1. The molecule has 0 saturated carbocycles. The average molecular weight is 246 g/mol. The normalized spacial score (nSPS) is 21.9. The van der Waals surface area contributed by atoms with E-state index in [1.165, 1.54) is 25.0 Å². The average Bonchev–Trinajstić information content (AvgIpc) is 2.63. The van der Waals surface area contributed by atoms with Crippen LogP contribution in [0.4, 0.5) is 0 Å². The van der Waals surface area contributed by atoms with E-state index in [1.54, 1.807) is 0 Å². The van der Waals surface area contributed by atoms with Crippen molar-refractivity contribution in [1.29, 1.82) is 0 Å². The molecular weight excluding hydrogens is 224 g/mol. The zero-order valence-electron chi connectivity index (χ0n) is 10.0. The van der Waals surface area contributed by atoms with Crippen LogP contribution >= 0.6 is 21.6 Å². The molecule has 1 heterocycles. The molecule has 0 aromatic carbocycles. The van der Waals surface area contributed by atoms with Gasteiger partial charge in [-0.3, -0.25) is 4.79 Å². The first kappa shape index (κ1) is 13.4. The van der Waals surface area contributed by atoms with Gasteiger partial charge in [0, 0.05) is 22.8 Å². The van der Waals surface area contributed by atoms with Crippen molar-refractivity contribution in [2.24, 2.45) is 5.41 Å². The fraction of sp³-hybridized carbons (Fsp3) is 0.917. The molecule has 0 N–H and O–H groups in total. The number of hydrogen-bond acceptors (Lipinski definition) is 3. The Hall–Kier alpha value is 0.370. The van der Waals surface area contributed by atoms with Crippen molar-refractivity contribution in [2.75, 3.05) is 5.75 Å². The zero-order chi connectivity index (χ0) is 11.3. The number of Topliss-reactive ketones (excluding diaryl/α,β-unsaturated/α-hetero) is 1. The monoisotopic (exact) mass is 246 g/mol. The van der Waals surface area contributed by atoms with Gasteiger partial charge in [0.05, 0.1) is 0 Å². The molecule has 0 unspecified atom stereocenters. The predicted octanol–water partition coefficient (Wildman–Crippen LogP) is 4.32. The largest absolute Gasteiger partial charge is 0.299 e. The molecule has 88 valence electrons. The molecule has 1 nitrogen and oxygen atoms in total. The summed E-state index contributed by atoms with van der Waals surface area (Å²) in [6.45, 7) is 6.04. The highest BCUT2D eigenvalue weighted by Crippen LogP contribution is 2.39. The summed E-state index contributed by atoms with van der Waals surface area (Å²) >= 11 is 0. The Morgan fingerprint density at radius 1 is 1.33 bits per heavy atom. The third-order valence-corrected chi connectivity index (χ3v) is 5.75. The van der Waals surface area contributed by atoms with Crippen molar-refractivity contribution in [3.05, 3.63) is 0 Å². The first-order valence-corrected chi connectivity index (χ1v) is 8.20. The van der Waals surface area contributed by atoms with Crippen LogP contribution in [0, 0.1) is 5.41 Å². The summed E-state index contributed by atoms with van der Waals surface area (Å²) in [5.41, 5.74) is -0.141. The van der Waals surface area contributed by atoms with Crippen molar-refractivity contribution in [1.82, 2.24) is 0 Å². The van der Waals surface area contributed by atoms with E-state index in [2.05, 4.69) is 0 Å². The Morgan fingerprint density at radius 3 is 2.60 bits per heavy atom. The number of ketones is 1. The zero-order valence-corrected chi connectivity index (χ0v) is 11.7. The van der Waals surface area contributed by atoms with Gasteiger partial charge in [0.1, 0.15) is 5.78 Å². The number of rotatable bonds is 5. The molecule has 0 spiro atoms. The molecule has 1 aliphatic heterocycles. The molecule has 0 amide bonds. The van der Waals surface area contributed by atoms with Crippen LogP contribution in [0.1, 0.15) is 52.9 Å². The van der Waals surface area contributed by atoms with Crippen LogP contribution in [0.25, 0.3) is 0 Å². The van der Waals surface area contributed by atoms with Gasteiger partial charge < -0.3 is 0 Å². The van der Waals surface area contributed by atoms with Gasteiger partial charge in [-0.1, -0.05) is 48.8 Å². The van der Waals surface area contributed by atoms with E-state index in [0.29, 0.717) is 5.78 Å². The Balaban J connectivity index is 2.03. The van der Waals surface area contributed by atoms with E-state index < -0.39 is 0 Å². The molecule has 0 aromatic rings. The van der Waals surface area contributed by atoms with E-state index in [9.17, 15) is 4.79 Å². The molecule has 1 rings (SSSR count). The Morgan fingerprint density at radius 2 is 2.07 bits per heavy atom. The van der Waals surface area contributed by atoms with Crippen LogP contribution < -0.4 is 0 Å². The number of hydrogen-bond donors (Lipinski definition) is 0. The predicted molar refractivity (Wildman–Crippen MR) is 71.4 cm³/mol. The van der Waals surface area contributed by atoms with Gasteiger partial charge in [-0.05, 0) is 19.3 Å². The smallest absolute Gasteiger partial charge is 0.138 e. The Kier molecular flexibility index (Phi) is 5.54. The van der Waals surface area contributed by atoms with Gasteiger partial charge >= 0.3 is 0 Å². The molecule has 0 radical (unpaired) electrons. The van der Waals surface area contributed by atoms with E-state index >= 15 is 0 Å². The van der Waals surface area contributed by atoms with Gasteiger partial charge in [0.2, 0.25) is 0 Å². The fourth-order valence-corrected chi connectivity index (χ4v) is 4.62. The van der Waals surface area contributed by atoms with Gasteiger partial charge in [0.25, 0.3) is 0 Å². The summed E-state index contributed by atoms with van der Waals surface area (Å²) in [4.78, 5) is 11.7. The molecule has 1 fully saturated rings. The molecule has 0 bridgehead atoms. The van der Waals surface area contributed by atoms with Crippen LogP contribution in [0.2, 0.25) is 0 Å². The van der Waals surface area contributed by atoms with Gasteiger partial charge in [0.15, 0.2) is 0 Å². The van der Waals surface area contributed by atoms with E-state index in [0.717, 1.165) is 18.1 Å². The summed E-state index contributed by atoms with van der Waals surface area (Å²) in [7, 11) is 4.04. The van der Waals surface area contributed by atoms with Crippen LogP contribution in [-0.2, 0) is 4.79 Å². The van der Waals surface area contributed by atoms with Crippen molar-refractivity contribution in [2.45, 2.75) is 58.1 Å². The Bertz CT molecular complexity index is 202. The molecule has 1 saturated heterocycles. The van der Waals surface area contributed by atoms with Crippen molar-refractivity contribution < 1.29 is 4.79 Å². The Labute approximate surface area is 102 Å². The lowest BCUT2D eigenvalue weighted by Gasteiger charge is -2.16. The number of unbranched alkanes of at least 4 members (excludes halogenated alkanes) is 1. The SMILES string of the molecule is CC(C)(C)C(=O)CCCC[C@H]1CCSS1. The van der Waals surface area contributed by atoms with Gasteiger partial charge in [-0.15, -0.1) is 0 Å². The molecule has 1 aliphatic rings. The maximum absolute atomic E-state index is 11.7. The lowest BCUT2D eigenvalue weighted by molar-refractivity contribution is -0.126. The van der Waals surface area contributed by atoms with E-state index in [4.69, 9.17) is 0 Å². The quantitative estimate of drug-likeness (QED) is 0.531. The minimum atomic E-state index is -0.141. The van der Waals surface area contributed by atoms with Crippen LogP contribution in [0.5, 0.6) is 0 Å². The highest BCUT2D eigenvalue weighted by molar-refractivity contribution is 8.77. The third kappa shape index (κ3) is 5.30. The summed E-state index contributed by atoms with van der Waals surface area (Å²) in [5, 5.41) is 0.861. The second-order valence-corrected chi connectivity index (χ2v) is 8.04. The minimum absolute atomic E-state index is 0.141. The first-order chi connectivity index (χ1) is 7.00. The van der Waals surface area contributed by atoms with Crippen molar-refractivity contribution >= 4 is 27.4 Å². The first-order valence-electron chi connectivity index (χ1n) is 5.82. The number of carbonyl (C=O) groups is 1. The fourth-order valence-electron chi connectivity index (χ4n) is 1.60. The molecule has 1 atom stereocenters. The standard InChI is InChI=1S/C12H22OS2/c1-12(2,3)11(13)7-5-4-6-10-8-9-14-15-10/h10H,4-9H2,1-3H3/t10-/m0/s1. The van der Waals surface area contributed by atoms with E-state index in [1.807, 2.05) is 42.4 Å². The maximum Gasteiger partial charge on any atom is 0.138 e. The summed E-state index contributed by atoms with van der Waals surface area (Å²) in [6, 6.07) is 0. The van der Waals surface area contributed by atoms with Crippen molar-refractivity contribution in [3.63, 3.8) is 0 Å². The lowest BCUT2D eigenvalue weighted by Crippen LogP contribution is -2.19. The second-order valence-electron chi connectivity index (χ2n) is 5.25. The van der Waals surface area contributed by atoms with E-state index in [-0.39, 0.29) is 5.41 Å². The lowest BCUT2D eigenvalue weighted by atomic mass is 9.88. The second kappa shape index (κ2) is 6.19. The van der Waals surface area contributed by atoms with Gasteiger partial charge in [-0.25, -0.2) is 0 Å². The van der Waals surface area contributed by atoms with Crippen LogP contribution in [0.15, 0.2) is 0 Å². The third-order valence-electron chi connectivity index (χ3n) is 2.74. The van der Waals surface area contributed by atoms with Crippen LogP contribution in [-0.4, -0.2) is 16.8 Å². The summed E-state index contributed by atoms with van der Waals surface area (Å²) in [5.74, 6) is 1.73. The van der Waals surface area contributed by atoms with Crippen molar-refractivity contribution in [3.8, 4) is 0 Å². The highest BCUT2D eigenvalue weighted by Gasteiger charge is 2.21. The minimum Gasteiger partial charge on any atom is -0.299 e.